The smallest absolute Gasteiger partial charge is 0.298 e. The van der Waals surface area contributed by atoms with Gasteiger partial charge in [0.25, 0.3) is 12.4 Å². The first-order chi connectivity index (χ1) is 14.9. The van der Waals surface area contributed by atoms with Crippen LogP contribution in [-0.2, 0) is 14.6 Å². The molecule has 0 unspecified atom stereocenters. The Hall–Kier alpha value is -2.81. The van der Waals surface area contributed by atoms with Crippen molar-refractivity contribution in [2.75, 3.05) is 16.8 Å². The highest BCUT2D eigenvalue weighted by Crippen LogP contribution is 2.29. The number of carbonyl (C=O) groups excluding carboxylic acids is 2. The second kappa shape index (κ2) is 10.5. The summed E-state index contributed by atoms with van der Waals surface area (Å²) in [6.07, 6.45) is 0. The predicted molar refractivity (Wildman–Crippen MR) is 122 cm³/mol. The summed E-state index contributed by atoms with van der Waals surface area (Å²) in [5.41, 5.74) is 0.738. The van der Waals surface area contributed by atoms with Crippen LogP contribution < -0.4 is 10.1 Å². The molecule has 0 aliphatic rings. The Morgan fingerprint density at radius 2 is 1.68 bits per heavy atom. The number of para-hydroxylation sites is 2. The van der Waals surface area contributed by atoms with E-state index >= 15 is 0 Å². The summed E-state index contributed by atoms with van der Waals surface area (Å²) in [6, 6.07) is 19.5. The van der Waals surface area contributed by atoms with Crippen molar-refractivity contribution in [2.24, 2.45) is 0 Å². The summed E-state index contributed by atoms with van der Waals surface area (Å²) in [5, 5.41) is 3.26. The summed E-state index contributed by atoms with van der Waals surface area (Å²) in [4.78, 5) is 24.3. The van der Waals surface area contributed by atoms with Gasteiger partial charge in [-0.15, -0.1) is 11.8 Å². The van der Waals surface area contributed by atoms with E-state index < -0.39 is 15.7 Å². The first-order valence-electron chi connectivity index (χ1n) is 9.11. The van der Waals surface area contributed by atoms with E-state index in [-0.39, 0.29) is 28.4 Å². The van der Waals surface area contributed by atoms with E-state index in [1.165, 1.54) is 30.0 Å². The lowest BCUT2D eigenvalue weighted by molar-refractivity contribution is -0.120. The maximum Gasteiger partial charge on any atom is 0.298 e. The quantitative estimate of drug-likeness (QED) is 0.356. The Bertz CT molecular complexity index is 1180. The number of hydrogen-bond acceptors (Lipinski definition) is 6. The van der Waals surface area contributed by atoms with E-state index in [0.29, 0.717) is 16.5 Å². The Balaban J connectivity index is 1.69. The molecule has 0 bridgehead atoms. The van der Waals surface area contributed by atoms with Gasteiger partial charge in [0, 0.05) is 15.7 Å². The van der Waals surface area contributed by atoms with Crippen LogP contribution in [0.1, 0.15) is 10.4 Å². The lowest BCUT2D eigenvalue weighted by atomic mass is 10.2. The maximum absolute atomic E-state index is 12.7. The SMILES string of the molecule is O=COc1ccccc1C(=O)Nc1ccccc1SCCS(=O)(=O)c1ccc(Cl)cc1. The molecule has 1 N–H and O–H groups in total. The molecule has 3 aromatic rings. The molecule has 3 rings (SSSR count). The molecule has 31 heavy (non-hydrogen) atoms. The van der Waals surface area contributed by atoms with Gasteiger partial charge in [0.2, 0.25) is 0 Å². The van der Waals surface area contributed by atoms with Crippen molar-refractivity contribution in [2.45, 2.75) is 9.79 Å². The third-order valence-electron chi connectivity index (χ3n) is 4.22. The Morgan fingerprint density at radius 3 is 2.42 bits per heavy atom. The lowest BCUT2D eigenvalue weighted by Gasteiger charge is -2.12. The molecule has 0 saturated carbocycles. The first-order valence-corrected chi connectivity index (χ1v) is 12.1. The van der Waals surface area contributed by atoms with Gasteiger partial charge in [-0.1, -0.05) is 35.9 Å². The highest BCUT2D eigenvalue weighted by molar-refractivity contribution is 8.00. The van der Waals surface area contributed by atoms with E-state index in [1.807, 2.05) is 0 Å². The fraction of sp³-hybridized carbons (Fsp3) is 0.0909. The highest BCUT2D eigenvalue weighted by Gasteiger charge is 2.17. The minimum absolute atomic E-state index is 0.0718. The number of carbonyl (C=O) groups is 2. The Kier molecular flexibility index (Phi) is 7.73. The molecule has 3 aromatic carbocycles. The van der Waals surface area contributed by atoms with Crippen molar-refractivity contribution in [3.63, 3.8) is 0 Å². The second-order valence-corrected chi connectivity index (χ2v) is 9.96. The highest BCUT2D eigenvalue weighted by atomic mass is 35.5. The van der Waals surface area contributed by atoms with E-state index in [1.54, 1.807) is 54.6 Å². The fourth-order valence-corrected chi connectivity index (χ4v) is 5.51. The van der Waals surface area contributed by atoms with Gasteiger partial charge >= 0.3 is 0 Å². The normalized spacial score (nSPS) is 11.0. The molecule has 6 nitrogen and oxygen atoms in total. The molecule has 0 aromatic heterocycles. The average Bonchev–Trinajstić information content (AvgIpc) is 2.76. The van der Waals surface area contributed by atoms with Gasteiger partial charge in [0.1, 0.15) is 5.75 Å². The number of benzene rings is 3. The van der Waals surface area contributed by atoms with Crippen LogP contribution in [0.4, 0.5) is 5.69 Å². The van der Waals surface area contributed by atoms with Crippen LogP contribution in [0.5, 0.6) is 5.75 Å². The van der Waals surface area contributed by atoms with Crippen LogP contribution in [-0.4, -0.2) is 32.3 Å². The van der Waals surface area contributed by atoms with Crippen LogP contribution in [0, 0.1) is 0 Å². The van der Waals surface area contributed by atoms with E-state index in [0.717, 1.165) is 4.90 Å². The van der Waals surface area contributed by atoms with E-state index in [2.05, 4.69) is 5.32 Å². The molecule has 0 radical (unpaired) electrons. The summed E-state index contributed by atoms with van der Waals surface area (Å²) < 4.78 is 29.9. The minimum Gasteiger partial charge on any atom is -0.428 e. The monoisotopic (exact) mass is 475 g/mol. The zero-order valence-corrected chi connectivity index (χ0v) is 18.5. The van der Waals surface area contributed by atoms with Crippen molar-refractivity contribution in [3.8, 4) is 5.75 Å². The van der Waals surface area contributed by atoms with Crippen molar-refractivity contribution in [3.05, 3.63) is 83.4 Å². The molecule has 160 valence electrons. The third kappa shape index (κ3) is 6.10. The number of rotatable bonds is 9. The maximum atomic E-state index is 12.7. The molecule has 0 aliphatic carbocycles. The minimum atomic E-state index is -3.45. The van der Waals surface area contributed by atoms with Crippen LogP contribution in [0.2, 0.25) is 5.02 Å². The fourth-order valence-electron chi connectivity index (χ4n) is 2.72. The van der Waals surface area contributed by atoms with Crippen molar-refractivity contribution in [1.82, 2.24) is 0 Å². The molecule has 0 aliphatic heterocycles. The number of nitrogens with one attached hydrogen (secondary N) is 1. The largest absolute Gasteiger partial charge is 0.428 e. The first kappa shape index (κ1) is 22.9. The Morgan fingerprint density at radius 1 is 1.00 bits per heavy atom. The summed E-state index contributed by atoms with van der Waals surface area (Å²) in [6.45, 7) is 0.261. The number of amides is 1. The van der Waals surface area contributed by atoms with Gasteiger partial charge in [-0.2, -0.15) is 0 Å². The number of ether oxygens (including phenoxy) is 1. The number of hydrogen-bond donors (Lipinski definition) is 1. The molecule has 0 saturated heterocycles. The number of halogens is 1. The zero-order valence-electron chi connectivity index (χ0n) is 16.2. The molecule has 0 heterocycles. The van der Waals surface area contributed by atoms with Gasteiger partial charge in [0.05, 0.1) is 21.9 Å². The molecule has 1 amide bonds. The predicted octanol–water partition coefficient (Wildman–Crippen LogP) is 4.69. The van der Waals surface area contributed by atoms with Gasteiger partial charge in [-0.3, -0.25) is 9.59 Å². The average molecular weight is 476 g/mol. The number of thioether (sulfide) groups is 1. The van der Waals surface area contributed by atoms with Gasteiger partial charge in [-0.25, -0.2) is 8.42 Å². The zero-order chi connectivity index (χ0) is 22.3. The van der Waals surface area contributed by atoms with Crippen molar-refractivity contribution in [1.29, 1.82) is 0 Å². The van der Waals surface area contributed by atoms with Crippen LogP contribution in [0.25, 0.3) is 0 Å². The van der Waals surface area contributed by atoms with E-state index in [4.69, 9.17) is 16.3 Å². The standard InChI is InChI=1S/C22H18ClNO5S2/c23-16-9-11-17(12-10-16)31(27,28)14-13-30-21-8-4-2-6-19(21)24-22(26)18-5-1-3-7-20(18)29-15-25/h1-12,15H,13-14H2,(H,24,26). The summed E-state index contributed by atoms with van der Waals surface area (Å²) >= 11 is 7.13. The van der Waals surface area contributed by atoms with Crippen LogP contribution in [0.15, 0.2) is 82.6 Å². The van der Waals surface area contributed by atoms with Crippen molar-refractivity contribution >= 4 is 51.3 Å². The molecule has 9 heteroatoms. The molecule has 0 fully saturated rings. The number of anilines is 1. The van der Waals surface area contributed by atoms with Crippen molar-refractivity contribution < 1.29 is 22.7 Å². The van der Waals surface area contributed by atoms with Gasteiger partial charge in [0.15, 0.2) is 9.84 Å². The molecule has 0 atom stereocenters. The molecular formula is C22H18ClNO5S2. The van der Waals surface area contributed by atoms with Gasteiger partial charge in [-0.05, 0) is 48.5 Å². The summed E-state index contributed by atoms with van der Waals surface area (Å²) in [7, 11) is -3.45. The third-order valence-corrected chi connectivity index (χ3v) is 7.54. The van der Waals surface area contributed by atoms with Crippen LogP contribution >= 0.6 is 23.4 Å². The Labute approximate surface area is 189 Å². The second-order valence-electron chi connectivity index (χ2n) is 6.28. The van der Waals surface area contributed by atoms with Gasteiger partial charge < -0.3 is 10.1 Å². The molecular weight excluding hydrogens is 458 g/mol. The topological polar surface area (TPSA) is 89.5 Å². The van der Waals surface area contributed by atoms with Crippen LogP contribution in [0.3, 0.4) is 0 Å². The lowest BCUT2D eigenvalue weighted by Crippen LogP contribution is -2.14. The molecule has 0 spiro atoms. The van der Waals surface area contributed by atoms with E-state index in [9.17, 15) is 18.0 Å². The summed E-state index contributed by atoms with van der Waals surface area (Å²) in [5.74, 6) is -0.0752. The number of sulfone groups is 1.